The molecular weight excluding hydrogens is 560 g/mol. The number of hydrogen-bond acceptors (Lipinski definition) is 8. The lowest BCUT2D eigenvalue weighted by atomic mass is 10.0. The maximum atomic E-state index is 11.8. The first-order valence-corrected chi connectivity index (χ1v) is 14.0. The standard InChI is InChI=1S/C36H40O8/c1-9-10-32(40-19-21-42-34(37)24(2)3)33(41-20-22-43-35(38)25(4)5)23-27(8)28-11-13-29(14-12-28)30-15-17-31(18-16-30)44-36(39)26(6)7/h10-18,23H,2,4,6,8-9,19-22H2,1,3,5,7H3/b32-10+,33-23+. The summed E-state index contributed by atoms with van der Waals surface area (Å²) in [5.41, 5.74) is 4.29. The van der Waals surface area contributed by atoms with Gasteiger partial charge in [-0.05, 0) is 73.7 Å². The summed E-state index contributed by atoms with van der Waals surface area (Å²) in [5.74, 6) is -0.246. The van der Waals surface area contributed by atoms with E-state index in [9.17, 15) is 14.4 Å². The molecule has 0 aliphatic carbocycles. The van der Waals surface area contributed by atoms with Crippen LogP contribution in [0.1, 0.15) is 39.7 Å². The van der Waals surface area contributed by atoms with Gasteiger partial charge in [-0.3, -0.25) is 0 Å². The predicted octanol–water partition coefficient (Wildman–Crippen LogP) is 7.30. The number of carbonyl (C=O) groups is 3. The number of carbonyl (C=O) groups excluding carboxylic acids is 3. The maximum absolute atomic E-state index is 11.8. The molecule has 0 atom stereocenters. The molecule has 2 aromatic carbocycles. The van der Waals surface area contributed by atoms with Crippen molar-refractivity contribution in [3.63, 3.8) is 0 Å². The Morgan fingerprint density at radius 2 is 1.05 bits per heavy atom. The highest BCUT2D eigenvalue weighted by atomic mass is 16.6. The van der Waals surface area contributed by atoms with Crippen molar-refractivity contribution in [1.29, 1.82) is 0 Å². The van der Waals surface area contributed by atoms with Crippen molar-refractivity contribution in [1.82, 2.24) is 0 Å². The Balaban J connectivity index is 2.21. The third-order valence-corrected chi connectivity index (χ3v) is 5.79. The molecule has 0 heterocycles. The fraction of sp³-hybridized carbons (Fsp3) is 0.250. The van der Waals surface area contributed by atoms with Gasteiger partial charge in [-0.2, -0.15) is 0 Å². The lowest BCUT2D eigenvalue weighted by molar-refractivity contribution is -0.141. The molecule has 44 heavy (non-hydrogen) atoms. The van der Waals surface area contributed by atoms with Crippen molar-refractivity contribution in [2.75, 3.05) is 26.4 Å². The Kier molecular flexibility index (Phi) is 14.2. The molecule has 8 nitrogen and oxygen atoms in total. The van der Waals surface area contributed by atoms with Gasteiger partial charge in [0.05, 0.1) is 0 Å². The highest BCUT2D eigenvalue weighted by Gasteiger charge is 2.13. The Labute approximate surface area is 259 Å². The predicted molar refractivity (Wildman–Crippen MR) is 171 cm³/mol. The van der Waals surface area contributed by atoms with Gasteiger partial charge in [0, 0.05) is 16.7 Å². The van der Waals surface area contributed by atoms with Crippen molar-refractivity contribution >= 4 is 23.5 Å². The maximum Gasteiger partial charge on any atom is 0.338 e. The minimum absolute atomic E-state index is 0.00498. The van der Waals surface area contributed by atoms with Crippen LogP contribution in [0.15, 0.2) is 115 Å². The molecular formula is C36H40O8. The topological polar surface area (TPSA) is 97.4 Å². The van der Waals surface area contributed by atoms with Crippen LogP contribution in [0.25, 0.3) is 16.7 Å². The number of benzene rings is 2. The monoisotopic (exact) mass is 600 g/mol. The molecule has 0 saturated carbocycles. The smallest absolute Gasteiger partial charge is 0.338 e. The second-order valence-corrected chi connectivity index (χ2v) is 9.81. The molecule has 0 fully saturated rings. The van der Waals surface area contributed by atoms with Crippen molar-refractivity contribution in [3.8, 4) is 16.9 Å². The van der Waals surface area contributed by atoms with Crippen LogP contribution >= 0.6 is 0 Å². The van der Waals surface area contributed by atoms with Gasteiger partial charge in [0.15, 0.2) is 11.5 Å². The molecule has 0 bridgehead atoms. The van der Waals surface area contributed by atoms with Gasteiger partial charge in [0.2, 0.25) is 0 Å². The van der Waals surface area contributed by atoms with Crippen LogP contribution < -0.4 is 4.74 Å². The fourth-order valence-corrected chi connectivity index (χ4v) is 3.45. The van der Waals surface area contributed by atoms with Gasteiger partial charge in [-0.25, -0.2) is 14.4 Å². The third kappa shape index (κ3) is 11.6. The number of rotatable bonds is 17. The van der Waals surface area contributed by atoms with Crippen LogP contribution in [-0.4, -0.2) is 44.3 Å². The van der Waals surface area contributed by atoms with Crippen LogP contribution in [0.4, 0.5) is 0 Å². The molecule has 0 saturated heterocycles. The van der Waals surface area contributed by atoms with Crippen LogP contribution in [0, 0.1) is 0 Å². The van der Waals surface area contributed by atoms with Crippen LogP contribution in [-0.2, 0) is 33.3 Å². The summed E-state index contributed by atoms with van der Waals surface area (Å²) in [7, 11) is 0. The van der Waals surface area contributed by atoms with E-state index in [0.717, 1.165) is 16.7 Å². The van der Waals surface area contributed by atoms with Crippen molar-refractivity contribution < 1.29 is 38.1 Å². The zero-order valence-electron chi connectivity index (χ0n) is 25.9. The summed E-state index contributed by atoms with van der Waals surface area (Å²) in [6, 6.07) is 14.9. The average Bonchev–Trinajstić information content (AvgIpc) is 3.00. The molecule has 0 spiro atoms. The Bertz CT molecular complexity index is 1440. The van der Waals surface area contributed by atoms with E-state index in [1.54, 1.807) is 39.0 Å². The summed E-state index contributed by atoms with van der Waals surface area (Å²) in [6.45, 7) is 21.8. The summed E-state index contributed by atoms with van der Waals surface area (Å²) < 4.78 is 27.4. The first-order chi connectivity index (χ1) is 20.9. The normalized spacial score (nSPS) is 11.2. The molecule has 0 radical (unpaired) electrons. The molecule has 0 aromatic heterocycles. The summed E-state index contributed by atoms with van der Waals surface area (Å²) in [4.78, 5) is 35.2. The van der Waals surface area contributed by atoms with E-state index in [-0.39, 0.29) is 26.4 Å². The fourth-order valence-electron chi connectivity index (χ4n) is 3.45. The SMILES string of the molecule is C=C(C)C(=O)OCCOC(=C/CC)/C(=C\C(=C)c1ccc(-c2ccc(OC(=O)C(=C)C)cc2)cc1)OCCOC(=O)C(=C)C. The Morgan fingerprint density at radius 1 is 0.614 bits per heavy atom. The molecule has 8 heteroatoms. The molecule has 232 valence electrons. The Hall–Kier alpha value is -5.11. The zero-order chi connectivity index (χ0) is 32.6. The van der Waals surface area contributed by atoms with Gasteiger partial charge in [-0.15, -0.1) is 0 Å². The molecule has 0 amide bonds. The second-order valence-electron chi connectivity index (χ2n) is 9.81. The van der Waals surface area contributed by atoms with E-state index in [4.69, 9.17) is 23.7 Å². The van der Waals surface area contributed by atoms with E-state index in [1.807, 2.05) is 49.4 Å². The number of allylic oxidation sites excluding steroid dienone is 3. The van der Waals surface area contributed by atoms with Crippen molar-refractivity contribution in [2.24, 2.45) is 0 Å². The van der Waals surface area contributed by atoms with Gasteiger partial charge >= 0.3 is 17.9 Å². The highest BCUT2D eigenvalue weighted by Crippen LogP contribution is 2.27. The van der Waals surface area contributed by atoms with E-state index in [1.165, 1.54) is 0 Å². The van der Waals surface area contributed by atoms with Crippen molar-refractivity contribution in [3.05, 3.63) is 121 Å². The first kappa shape index (κ1) is 35.1. The number of esters is 3. The molecule has 2 rings (SSSR count). The molecule has 0 N–H and O–H groups in total. The lowest BCUT2D eigenvalue weighted by Gasteiger charge is -2.17. The summed E-state index contributed by atoms with van der Waals surface area (Å²) >= 11 is 0. The number of ether oxygens (including phenoxy) is 5. The number of hydrogen-bond donors (Lipinski definition) is 0. The quantitative estimate of drug-likeness (QED) is 0.0466. The molecule has 0 aliphatic rings. The van der Waals surface area contributed by atoms with E-state index in [2.05, 4.69) is 26.3 Å². The van der Waals surface area contributed by atoms with Crippen molar-refractivity contribution in [2.45, 2.75) is 34.1 Å². The van der Waals surface area contributed by atoms with Gasteiger partial charge in [0.1, 0.15) is 32.2 Å². The van der Waals surface area contributed by atoms with Crippen LogP contribution in [0.5, 0.6) is 5.75 Å². The Morgan fingerprint density at radius 3 is 1.50 bits per heavy atom. The third-order valence-electron chi connectivity index (χ3n) is 5.79. The first-order valence-electron chi connectivity index (χ1n) is 14.0. The highest BCUT2D eigenvalue weighted by molar-refractivity contribution is 5.89. The minimum atomic E-state index is -0.508. The summed E-state index contributed by atoms with van der Waals surface area (Å²) in [5, 5.41) is 0. The second kappa shape index (κ2) is 17.8. The van der Waals surface area contributed by atoms with Gasteiger partial charge in [-0.1, -0.05) is 69.6 Å². The molecule has 2 aromatic rings. The molecule has 0 aliphatic heterocycles. The summed E-state index contributed by atoms with van der Waals surface area (Å²) in [6.07, 6.45) is 4.21. The van der Waals surface area contributed by atoms with Gasteiger partial charge < -0.3 is 23.7 Å². The molecule has 0 unspecified atom stereocenters. The van der Waals surface area contributed by atoms with Crippen LogP contribution in [0.3, 0.4) is 0 Å². The lowest BCUT2D eigenvalue weighted by Crippen LogP contribution is -2.14. The van der Waals surface area contributed by atoms with E-state index < -0.39 is 17.9 Å². The largest absolute Gasteiger partial charge is 0.486 e. The average molecular weight is 601 g/mol. The van der Waals surface area contributed by atoms with E-state index in [0.29, 0.717) is 46.0 Å². The minimum Gasteiger partial charge on any atom is -0.486 e. The van der Waals surface area contributed by atoms with Crippen LogP contribution in [0.2, 0.25) is 0 Å². The van der Waals surface area contributed by atoms with Gasteiger partial charge in [0.25, 0.3) is 0 Å². The van der Waals surface area contributed by atoms with E-state index >= 15 is 0 Å². The zero-order valence-corrected chi connectivity index (χ0v) is 25.9.